The van der Waals surface area contributed by atoms with Gasteiger partial charge in [0.05, 0.1) is 0 Å². The predicted octanol–water partition coefficient (Wildman–Crippen LogP) is 7.59. The number of oxime groups is 1. The van der Waals surface area contributed by atoms with Crippen molar-refractivity contribution in [3.05, 3.63) is 117 Å². The first-order valence-electron chi connectivity index (χ1n) is 13.2. The fourth-order valence-electron chi connectivity index (χ4n) is 5.62. The maximum atomic E-state index is 13.7. The van der Waals surface area contributed by atoms with Crippen LogP contribution in [0.3, 0.4) is 0 Å². The highest BCUT2D eigenvalue weighted by atomic mass is 16.7. The normalized spacial score (nSPS) is 11.8. The van der Waals surface area contributed by atoms with Crippen LogP contribution in [-0.2, 0) is 16.2 Å². The van der Waals surface area contributed by atoms with E-state index in [9.17, 15) is 9.59 Å². The third kappa shape index (κ3) is 4.76. The second-order valence-corrected chi connectivity index (χ2v) is 10.1. The van der Waals surface area contributed by atoms with Crippen LogP contribution in [0.2, 0.25) is 0 Å². The number of aryl methyl sites for hydroxylation is 5. The third-order valence-electron chi connectivity index (χ3n) is 7.29. The Bertz CT molecular complexity index is 1780. The van der Waals surface area contributed by atoms with E-state index in [2.05, 4.69) is 40.9 Å². The molecule has 0 bridgehead atoms. The highest BCUT2D eigenvalue weighted by Gasteiger charge is 2.19. The van der Waals surface area contributed by atoms with E-state index in [4.69, 9.17) is 4.84 Å². The summed E-state index contributed by atoms with van der Waals surface area (Å²) in [5.74, 6) is -0.452. The molecule has 0 aliphatic heterocycles. The van der Waals surface area contributed by atoms with Crippen LogP contribution in [0.15, 0.2) is 78.0 Å². The molecule has 0 aliphatic rings. The molecule has 39 heavy (non-hydrogen) atoms. The summed E-state index contributed by atoms with van der Waals surface area (Å²) in [5.41, 5.74) is 10.00. The molecule has 0 radical (unpaired) electrons. The molecular formula is C34H32N2O3. The first kappa shape index (κ1) is 26.1. The molecule has 0 N–H and O–H groups in total. The molecular weight excluding hydrogens is 484 g/mol. The molecule has 0 fully saturated rings. The van der Waals surface area contributed by atoms with E-state index < -0.39 is 5.97 Å². The Morgan fingerprint density at radius 3 is 1.95 bits per heavy atom. The zero-order chi connectivity index (χ0) is 27.8. The number of fused-ring (bicyclic) bond motifs is 3. The number of nitrogens with zero attached hydrogens (tertiary/aromatic N) is 2. The minimum absolute atomic E-state index is 0.0254. The quantitative estimate of drug-likeness (QED) is 0.101. The van der Waals surface area contributed by atoms with Gasteiger partial charge in [0.1, 0.15) is 5.71 Å². The van der Waals surface area contributed by atoms with Crippen LogP contribution in [0.25, 0.3) is 21.8 Å². The number of rotatable bonds is 6. The average molecular weight is 517 g/mol. The van der Waals surface area contributed by atoms with Gasteiger partial charge in [0.25, 0.3) is 0 Å². The van der Waals surface area contributed by atoms with Crippen LogP contribution in [0, 0.1) is 27.7 Å². The summed E-state index contributed by atoms with van der Waals surface area (Å²) >= 11 is 0. The molecule has 0 saturated carbocycles. The smallest absolute Gasteiger partial charge is 0.332 e. The van der Waals surface area contributed by atoms with Crippen molar-refractivity contribution in [1.82, 2.24) is 4.57 Å². The second kappa shape index (κ2) is 10.3. The Balaban J connectivity index is 1.72. The molecule has 5 heteroatoms. The van der Waals surface area contributed by atoms with Crippen LogP contribution < -0.4 is 0 Å². The lowest BCUT2D eigenvalue weighted by Gasteiger charge is -2.11. The summed E-state index contributed by atoms with van der Waals surface area (Å²) in [6.45, 7) is 12.3. The maximum Gasteiger partial charge on any atom is 0.332 e. The minimum Gasteiger partial charge on any atom is -0.341 e. The van der Waals surface area contributed by atoms with E-state index in [0.717, 1.165) is 67.3 Å². The van der Waals surface area contributed by atoms with Gasteiger partial charge in [0.15, 0.2) is 5.78 Å². The zero-order valence-electron chi connectivity index (χ0n) is 23.3. The van der Waals surface area contributed by atoms with Gasteiger partial charge >= 0.3 is 5.97 Å². The summed E-state index contributed by atoms with van der Waals surface area (Å²) in [4.78, 5) is 30.5. The van der Waals surface area contributed by atoms with E-state index in [1.807, 2.05) is 76.2 Å². The highest BCUT2D eigenvalue weighted by molar-refractivity contribution is 6.19. The summed E-state index contributed by atoms with van der Waals surface area (Å²) in [6, 6.07) is 24.1. The van der Waals surface area contributed by atoms with Gasteiger partial charge in [0, 0.05) is 57.5 Å². The number of carbonyl (C=O) groups excluding carboxylic acids is 2. The standard InChI is InChI=1S/C34H32N2O3/c1-7-36-30-14-12-25(33(35-39-24(6)37)27-11-9-8-10-21(27)3)18-28(30)29-19-26(13-15-31(29)36)34(38)32-22(4)16-20(2)17-23(32)5/h8-19H,7H2,1-6H3/b35-33-. The first-order valence-corrected chi connectivity index (χ1v) is 13.2. The fraction of sp³-hybridized carbons (Fsp3) is 0.206. The lowest BCUT2D eigenvalue weighted by atomic mass is 9.92. The SMILES string of the molecule is CCn1c2ccc(C(=O)c3c(C)cc(C)cc3C)cc2c2cc(/C(=N/OC(C)=O)c3ccccc3C)ccc21. The van der Waals surface area contributed by atoms with Crippen molar-refractivity contribution in [3.63, 3.8) is 0 Å². The summed E-state index contributed by atoms with van der Waals surface area (Å²) in [5, 5.41) is 6.27. The topological polar surface area (TPSA) is 60.7 Å². The molecule has 0 amide bonds. The number of ketones is 1. The summed E-state index contributed by atoms with van der Waals surface area (Å²) in [7, 11) is 0. The number of carbonyl (C=O) groups is 2. The Kier molecular flexibility index (Phi) is 6.92. The Hall–Kier alpha value is -4.51. The highest BCUT2D eigenvalue weighted by Crippen LogP contribution is 2.33. The first-order chi connectivity index (χ1) is 18.7. The number of hydrogen-bond donors (Lipinski definition) is 0. The maximum absolute atomic E-state index is 13.7. The van der Waals surface area contributed by atoms with Crippen LogP contribution in [0.1, 0.15) is 63.1 Å². The van der Waals surface area contributed by atoms with Gasteiger partial charge in [-0.15, -0.1) is 0 Å². The van der Waals surface area contributed by atoms with Crippen molar-refractivity contribution < 1.29 is 14.4 Å². The zero-order valence-corrected chi connectivity index (χ0v) is 23.3. The van der Waals surface area contributed by atoms with Gasteiger partial charge in [-0.05, 0) is 81.6 Å². The largest absolute Gasteiger partial charge is 0.341 e. The van der Waals surface area contributed by atoms with Crippen LogP contribution in [0.5, 0.6) is 0 Å². The lowest BCUT2D eigenvalue weighted by Crippen LogP contribution is -2.08. The summed E-state index contributed by atoms with van der Waals surface area (Å²) in [6.07, 6.45) is 0. The third-order valence-corrected chi connectivity index (χ3v) is 7.29. The lowest BCUT2D eigenvalue weighted by molar-refractivity contribution is -0.140. The van der Waals surface area contributed by atoms with E-state index >= 15 is 0 Å². The monoisotopic (exact) mass is 516 g/mol. The van der Waals surface area contributed by atoms with Gasteiger partial charge in [-0.2, -0.15) is 0 Å². The number of hydrogen-bond acceptors (Lipinski definition) is 4. The van der Waals surface area contributed by atoms with Gasteiger partial charge in [0.2, 0.25) is 0 Å². The van der Waals surface area contributed by atoms with E-state index in [1.165, 1.54) is 6.92 Å². The van der Waals surface area contributed by atoms with Crippen molar-refractivity contribution in [3.8, 4) is 0 Å². The van der Waals surface area contributed by atoms with Crippen LogP contribution >= 0.6 is 0 Å². The van der Waals surface area contributed by atoms with E-state index in [-0.39, 0.29) is 5.78 Å². The molecule has 4 aromatic carbocycles. The Morgan fingerprint density at radius 1 is 0.769 bits per heavy atom. The van der Waals surface area contributed by atoms with Gasteiger partial charge in [-0.3, -0.25) is 4.79 Å². The molecule has 5 nitrogen and oxygen atoms in total. The minimum atomic E-state index is -0.477. The molecule has 0 aliphatic carbocycles. The molecule has 1 aromatic heterocycles. The molecule has 5 rings (SSSR count). The van der Waals surface area contributed by atoms with E-state index in [1.54, 1.807) is 0 Å². The van der Waals surface area contributed by atoms with Crippen molar-refractivity contribution >= 4 is 39.3 Å². The van der Waals surface area contributed by atoms with Crippen molar-refractivity contribution in [2.45, 2.75) is 48.1 Å². The second-order valence-electron chi connectivity index (χ2n) is 10.1. The van der Waals surface area contributed by atoms with Gasteiger partial charge < -0.3 is 9.40 Å². The summed E-state index contributed by atoms with van der Waals surface area (Å²) < 4.78 is 2.25. The van der Waals surface area contributed by atoms with Gasteiger partial charge in [-0.25, -0.2) is 4.79 Å². The van der Waals surface area contributed by atoms with Gasteiger partial charge in [-0.1, -0.05) is 53.2 Å². The Labute approximate surface area is 228 Å². The molecule has 0 unspecified atom stereocenters. The molecule has 0 atom stereocenters. The molecule has 0 saturated heterocycles. The number of aromatic nitrogens is 1. The van der Waals surface area contributed by atoms with Crippen LogP contribution in [0.4, 0.5) is 0 Å². The van der Waals surface area contributed by atoms with Crippen molar-refractivity contribution in [2.75, 3.05) is 0 Å². The van der Waals surface area contributed by atoms with Crippen molar-refractivity contribution in [1.29, 1.82) is 0 Å². The average Bonchev–Trinajstić information content (AvgIpc) is 3.21. The predicted molar refractivity (Wildman–Crippen MR) is 158 cm³/mol. The molecule has 196 valence electrons. The Morgan fingerprint density at radius 2 is 1.36 bits per heavy atom. The fourth-order valence-corrected chi connectivity index (χ4v) is 5.62. The molecule has 0 spiro atoms. The number of benzene rings is 4. The van der Waals surface area contributed by atoms with Crippen LogP contribution in [-0.4, -0.2) is 22.0 Å². The molecule has 1 heterocycles. The molecule has 5 aromatic rings. The van der Waals surface area contributed by atoms with E-state index in [0.29, 0.717) is 11.3 Å². The van der Waals surface area contributed by atoms with Crippen molar-refractivity contribution in [2.24, 2.45) is 5.16 Å².